The van der Waals surface area contributed by atoms with E-state index in [0.29, 0.717) is 17.5 Å². The Bertz CT molecular complexity index is 416. The molecule has 1 aromatic heterocycles. The molecule has 1 fully saturated rings. The maximum Gasteiger partial charge on any atom is 0.272 e. The van der Waals surface area contributed by atoms with Gasteiger partial charge in [0.15, 0.2) is 0 Å². The largest absolute Gasteiger partial charge is 0.387 e. The average molecular weight is 247 g/mol. The van der Waals surface area contributed by atoms with Crippen LogP contribution in [-0.4, -0.2) is 35.9 Å². The van der Waals surface area contributed by atoms with E-state index in [2.05, 4.69) is 24.1 Å². The van der Waals surface area contributed by atoms with Crippen LogP contribution < -0.4 is 5.32 Å². The molecule has 2 rings (SSSR count). The highest BCUT2D eigenvalue weighted by Crippen LogP contribution is 2.23. The molecular weight excluding hydrogens is 226 g/mol. The fraction of sp³-hybridized carbons (Fsp3) is 0.571. The summed E-state index contributed by atoms with van der Waals surface area (Å²) < 4.78 is 0. The van der Waals surface area contributed by atoms with E-state index in [1.54, 1.807) is 12.3 Å². The molecular formula is C14H21N3O. The summed E-state index contributed by atoms with van der Waals surface area (Å²) in [6.07, 6.45) is 2.78. The van der Waals surface area contributed by atoms with Crippen molar-refractivity contribution in [2.24, 2.45) is 11.8 Å². The number of likely N-dealkylation sites (tertiary alicyclic amines) is 1. The minimum atomic E-state index is 0.0522. The minimum absolute atomic E-state index is 0.0522. The van der Waals surface area contributed by atoms with Gasteiger partial charge in [-0.25, -0.2) is 4.98 Å². The molecule has 1 amide bonds. The maximum absolute atomic E-state index is 12.3. The van der Waals surface area contributed by atoms with Gasteiger partial charge in [0.05, 0.1) is 11.9 Å². The molecule has 1 N–H and O–H groups in total. The number of carbonyl (C=O) groups excluding carboxylic acids is 1. The van der Waals surface area contributed by atoms with E-state index in [4.69, 9.17) is 0 Å². The lowest BCUT2D eigenvalue weighted by molar-refractivity contribution is 0.0621. The summed E-state index contributed by atoms with van der Waals surface area (Å²) in [5.74, 6) is 1.32. The van der Waals surface area contributed by atoms with Crippen molar-refractivity contribution in [1.29, 1.82) is 0 Å². The smallest absolute Gasteiger partial charge is 0.272 e. The van der Waals surface area contributed by atoms with Crippen molar-refractivity contribution < 1.29 is 4.79 Å². The van der Waals surface area contributed by atoms with Gasteiger partial charge >= 0.3 is 0 Å². The van der Waals surface area contributed by atoms with Crippen molar-refractivity contribution in [1.82, 2.24) is 9.88 Å². The van der Waals surface area contributed by atoms with Crippen molar-refractivity contribution in [3.8, 4) is 0 Å². The summed E-state index contributed by atoms with van der Waals surface area (Å²) in [7, 11) is 1.84. The molecule has 1 aliphatic rings. The van der Waals surface area contributed by atoms with Crippen LogP contribution in [0.1, 0.15) is 30.8 Å². The summed E-state index contributed by atoms with van der Waals surface area (Å²) in [4.78, 5) is 18.4. The molecule has 2 atom stereocenters. The van der Waals surface area contributed by atoms with Gasteiger partial charge in [-0.1, -0.05) is 13.8 Å². The van der Waals surface area contributed by atoms with Crippen molar-refractivity contribution in [3.05, 3.63) is 24.0 Å². The van der Waals surface area contributed by atoms with Crippen molar-refractivity contribution in [2.45, 2.75) is 20.3 Å². The predicted molar refractivity (Wildman–Crippen MR) is 72.6 cm³/mol. The zero-order valence-electron chi connectivity index (χ0n) is 11.3. The standard InChI is InChI=1S/C14H21N3O/c1-10-6-7-17(9-11(10)2)14(18)13-5-4-12(15-3)8-16-13/h4-5,8,10-11,15H,6-7,9H2,1-3H3. The van der Waals surface area contributed by atoms with Gasteiger partial charge in [-0.15, -0.1) is 0 Å². The van der Waals surface area contributed by atoms with Gasteiger partial charge in [0.2, 0.25) is 0 Å². The van der Waals surface area contributed by atoms with Crippen molar-refractivity contribution >= 4 is 11.6 Å². The van der Waals surface area contributed by atoms with Crippen LogP contribution in [-0.2, 0) is 0 Å². The van der Waals surface area contributed by atoms with E-state index in [1.165, 1.54) is 0 Å². The summed E-state index contributed by atoms with van der Waals surface area (Å²) in [5, 5.41) is 3.00. The van der Waals surface area contributed by atoms with Crippen LogP contribution >= 0.6 is 0 Å². The van der Waals surface area contributed by atoms with Crippen LogP contribution in [0.4, 0.5) is 5.69 Å². The summed E-state index contributed by atoms with van der Waals surface area (Å²) in [6.45, 7) is 6.16. The third kappa shape index (κ3) is 2.63. The highest BCUT2D eigenvalue weighted by molar-refractivity contribution is 5.92. The highest BCUT2D eigenvalue weighted by Gasteiger charge is 2.26. The van der Waals surface area contributed by atoms with E-state index in [-0.39, 0.29) is 5.91 Å². The Morgan fingerprint density at radius 2 is 2.17 bits per heavy atom. The lowest BCUT2D eigenvalue weighted by atomic mass is 9.88. The van der Waals surface area contributed by atoms with E-state index in [9.17, 15) is 4.79 Å². The number of amides is 1. The maximum atomic E-state index is 12.3. The van der Waals surface area contributed by atoms with Gasteiger partial charge in [0.25, 0.3) is 5.91 Å². The molecule has 0 spiro atoms. The Balaban J connectivity index is 2.06. The first-order valence-corrected chi connectivity index (χ1v) is 6.55. The first kappa shape index (κ1) is 12.9. The SMILES string of the molecule is CNc1ccc(C(=O)N2CCC(C)C(C)C2)nc1. The molecule has 4 heteroatoms. The van der Waals surface area contributed by atoms with Gasteiger partial charge in [0.1, 0.15) is 5.69 Å². The normalized spacial score (nSPS) is 23.8. The topological polar surface area (TPSA) is 45.2 Å². The number of nitrogens with one attached hydrogen (secondary N) is 1. The Morgan fingerprint density at radius 3 is 2.72 bits per heavy atom. The second-order valence-electron chi connectivity index (χ2n) is 5.18. The first-order valence-electron chi connectivity index (χ1n) is 6.55. The van der Waals surface area contributed by atoms with E-state index in [1.807, 2.05) is 18.0 Å². The number of nitrogens with zero attached hydrogens (tertiary/aromatic N) is 2. The zero-order chi connectivity index (χ0) is 13.1. The van der Waals surface area contributed by atoms with Gasteiger partial charge < -0.3 is 10.2 Å². The monoisotopic (exact) mass is 247 g/mol. The third-order valence-electron chi connectivity index (χ3n) is 3.89. The van der Waals surface area contributed by atoms with Crippen LogP contribution in [0.2, 0.25) is 0 Å². The number of anilines is 1. The number of hydrogen-bond acceptors (Lipinski definition) is 3. The van der Waals surface area contributed by atoms with Crippen LogP contribution in [0.5, 0.6) is 0 Å². The quantitative estimate of drug-likeness (QED) is 0.871. The molecule has 0 aromatic carbocycles. The van der Waals surface area contributed by atoms with Gasteiger partial charge in [0, 0.05) is 20.1 Å². The molecule has 0 saturated carbocycles. The summed E-state index contributed by atoms with van der Waals surface area (Å²) in [6, 6.07) is 3.67. The fourth-order valence-electron chi connectivity index (χ4n) is 2.28. The van der Waals surface area contributed by atoms with Gasteiger partial charge in [-0.05, 0) is 30.4 Å². The predicted octanol–water partition coefficient (Wildman–Crippen LogP) is 2.24. The second-order valence-corrected chi connectivity index (χ2v) is 5.18. The molecule has 0 radical (unpaired) electrons. The fourth-order valence-corrected chi connectivity index (χ4v) is 2.28. The molecule has 1 saturated heterocycles. The molecule has 2 heterocycles. The van der Waals surface area contributed by atoms with Crippen LogP contribution in [0.3, 0.4) is 0 Å². The Hall–Kier alpha value is -1.58. The van der Waals surface area contributed by atoms with Crippen molar-refractivity contribution in [3.63, 3.8) is 0 Å². The first-order chi connectivity index (χ1) is 8.61. The molecule has 0 aliphatic carbocycles. The Labute approximate surface area is 108 Å². The van der Waals surface area contributed by atoms with Gasteiger partial charge in [-0.3, -0.25) is 4.79 Å². The number of aromatic nitrogens is 1. The van der Waals surface area contributed by atoms with E-state index < -0.39 is 0 Å². The number of rotatable bonds is 2. The van der Waals surface area contributed by atoms with Crippen LogP contribution in [0, 0.1) is 11.8 Å². The minimum Gasteiger partial charge on any atom is -0.387 e. The van der Waals surface area contributed by atoms with E-state index >= 15 is 0 Å². The second kappa shape index (κ2) is 5.38. The Kier molecular flexibility index (Phi) is 3.84. The molecule has 0 bridgehead atoms. The highest BCUT2D eigenvalue weighted by atomic mass is 16.2. The van der Waals surface area contributed by atoms with Crippen LogP contribution in [0.15, 0.2) is 18.3 Å². The van der Waals surface area contributed by atoms with Crippen molar-refractivity contribution in [2.75, 3.05) is 25.5 Å². The van der Waals surface area contributed by atoms with E-state index in [0.717, 1.165) is 25.2 Å². The van der Waals surface area contributed by atoms with Gasteiger partial charge in [-0.2, -0.15) is 0 Å². The summed E-state index contributed by atoms with van der Waals surface area (Å²) in [5.41, 5.74) is 1.46. The number of hydrogen-bond donors (Lipinski definition) is 1. The molecule has 1 aliphatic heterocycles. The Morgan fingerprint density at radius 1 is 1.39 bits per heavy atom. The lowest BCUT2D eigenvalue weighted by Gasteiger charge is -2.35. The summed E-state index contributed by atoms with van der Waals surface area (Å²) >= 11 is 0. The number of pyridine rings is 1. The molecule has 1 aromatic rings. The molecule has 18 heavy (non-hydrogen) atoms. The lowest BCUT2D eigenvalue weighted by Crippen LogP contribution is -2.42. The number of carbonyl (C=O) groups is 1. The zero-order valence-corrected chi connectivity index (χ0v) is 11.3. The van der Waals surface area contributed by atoms with Crippen LogP contribution in [0.25, 0.3) is 0 Å². The molecule has 4 nitrogen and oxygen atoms in total. The molecule has 2 unspecified atom stereocenters. The molecule has 98 valence electrons. The third-order valence-corrected chi connectivity index (χ3v) is 3.89. The number of piperidine rings is 1. The average Bonchev–Trinajstić information content (AvgIpc) is 2.41.